The summed E-state index contributed by atoms with van der Waals surface area (Å²) in [6.45, 7) is 5.02. The molecule has 1 unspecified atom stereocenters. The molecule has 1 fully saturated rings. The molecule has 1 saturated heterocycles. The maximum Gasteiger partial charge on any atom is 0.303 e. The van der Waals surface area contributed by atoms with Gasteiger partial charge in [-0.05, 0) is 49.6 Å². The number of nitrogens with zero attached hydrogens (tertiary/aromatic N) is 3. The molecule has 0 saturated carbocycles. The number of ketones is 1. The molecule has 4 aromatic rings. The monoisotopic (exact) mass is 518 g/mol. The van der Waals surface area contributed by atoms with E-state index >= 15 is 0 Å². The number of hydrogen-bond donors (Lipinski definition) is 2. The third-order valence-corrected chi connectivity index (χ3v) is 6.61. The van der Waals surface area contributed by atoms with E-state index in [9.17, 15) is 9.59 Å². The van der Waals surface area contributed by atoms with Crippen LogP contribution in [0.15, 0.2) is 57.5 Å². The van der Waals surface area contributed by atoms with Crippen LogP contribution in [0.25, 0.3) is 11.1 Å². The van der Waals surface area contributed by atoms with Crippen molar-refractivity contribution < 1.29 is 28.3 Å². The van der Waals surface area contributed by atoms with Crippen molar-refractivity contribution in [2.24, 2.45) is 0 Å². The summed E-state index contributed by atoms with van der Waals surface area (Å²) in [5.74, 6) is -0.360. The molecule has 1 aliphatic heterocycles. The van der Waals surface area contributed by atoms with Gasteiger partial charge in [-0.15, -0.1) is 0 Å². The Hall–Kier alpha value is -4.18. The number of aromatic nitrogens is 2. The van der Waals surface area contributed by atoms with E-state index in [1.165, 1.54) is 0 Å². The van der Waals surface area contributed by atoms with Gasteiger partial charge in [-0.3, -0.25) is 9.59 Å². The zero-order valence-electron chi connectivity index (χ0n) is 21.3. The van der Waals surface area contributed by atoms with Crippen LogP contribution in [0.1, 0.15) is 36.7 Å². The number of hydrogen-bond acceptors (Lipinski definition) is 9. The number of rotatable bonds is 11. The smallest absolute Gasteiger partial charge is 0.303 e. The Bertz CT molecular complexity index is 1440. The predicted molar refractivity (Wildman–Crippen MR) is 141 cm³/mol. The molecule has 2 aromatic carbocycles. The van der Waals surface area contributed by atoms with Gasteiger partial charge < -0.3 is 28.9 Å². The largest absolute Gasteiger partial charge is 0.481 e. The number of fused-ring (bicyclic) bond motifs is 1. The van der Waals surface area contributed by atoms with E-state index in [0.717, 1.165) is 23.2 Å². The Kier molecular flexibility index (Phi) is 7.41. The Morgan fingerprint density at radius 1 is 1.24 bits per heavy atom. The highest BCUT2D eigenvalue weighted by Gasteiger charge is 2.29. The molecule has 10 nitrogen and oxygen atoms in total. The van der Waals surface area contributed by atoms with Crippen molar-refractivity contribution in [2.45, 2.75) is 51.7 Å². The van der Waals surface area contributed by atoms with Crippen LogP contribution in [0.3, 0.4) is 0 Å². The molecule has 2 N–H and O–H groups in total. The lowest BCUT2D eigenvalue weighted by Gasteiger charge is -2.18. The molecule has 2 atom stereocenters. The normalized spacial score (nSPS) is 16.2. The number of oxazole rings is 2. The molecule has 10 heteroatoms. The number of aryl methyl sites for hydroxylation is 2. The molecule has 0 amide bonds. The first-order valence-corrected chi connectivity index (χ1v) is 12.7. The molecule has 5 rings (SSSR count). The summed E-state index contributed by atoms with van der Waals surface area (Å²) >= 11 is 0. The average molecular weight is 519 g/mol. The number of carboxylic acid groups (broad SMARTS) is 1. The van der Waals surface area contributed by atoms with E-state index in [1.807, 2.05) is 54.3 Å². The maximum atomic E-state index is 12.9. The lowest BCUT2D eigenvalue weighted by Crippen LogP contribution is -2.30. The first-order chi connectivity index (χ1) is 18.3. The average Bonchev–Trinajstić information content (AvgIpc) is 3.63. The minimum Gasteiger partial charge on any atom is -0.481 e. The molecule has 38 heavy (non-hydrogen) atoms. The second kappa shape index (κ2) is 11.1. The third-order valence-electron chi connectivity index (χ3n) is 6.61. The molecule has 0 spiro atoms. The van der Waals surface area contributed by atoms with Gasteiger partial charge in [0.1, 0.15) is 17.4 Å². The number of para-hydroxylation sites is 1. The predicted octanol–water partition coefficient (Wildman–Crippen LogP) is 4.68. The SMILES string of the molecule is Cc1ccccc1Nc1nc2ccc(CC(=O)C(C)O[C@H]3CCN(c4ncc(CCC(=O)O)o4)C3)cc2o1. The van der Waals surface area contributed by atoms with Gasteiger partial charge in [-0.2, -0.15) is 4.98 Å². The minimum absolute atomic E-state index is 0.00516. The van der Waals surface area contributed by atoms with Crippen LogP contribution in [0.5, 0.6) is 0 Å². The molecule has 0 bridgehead atoms. The third kappa shape index (κ3) is 6.03. The van der Waals surface area contributed by atoms with Gasteiger partial charge in [0.05, 0.1) is 18.7 Å². The van der Waals surface area contributed by atoms with E-state index in [4.69, 9.17) is 18.7 Å². The standard InChI is InChI=1S/C28H30N4O6/c1-17-5-3-4-6-22(17)30-27-31-23-9-7-19(14-25(23)38-27)13-24(33)18(2)36-21-11-12-32(16-21)28-29-15-20(37-28)8-10-26(34)35/h3-7,9,14-15,18,21H,8,10-13,16H2,1-2H3,(H,30,31)(H,34,35)/t18?,21-/m0/s1. The number of carbonyl (C=O) groups excluding carboxylic acids is 1. The molecule has 198 valence electrons. The minimum atomic E-state index is -0.878. The lowest BCUT2D eigenvalue weighted by molar-refractivity contribution is -0.137. The molecule has 3 heterocycles. The van der Waals surface area contributed by atoms with Crippen LogP contribution in [0, 0.1) is 6.92 Å². The molecule has 0 aliphatic carbocycles. The molecular formula is C28H30N4O6. The van der Waals surface area contributed by atoms with Gasteiger partial charge in [-0.1, -0.05) is 24.3 Å². The number of carbonyl (C=O) groups is 2. The van der Waals surface area contributed by atoms with E-state index < -0.39 is 12.1 Å². The van der Waals surface area contributed by atoms with Crippen molar-refractivity contribution in [3.63, 3.8) is 0 Å². The van der Waals surface area contributed by atoms with Gasteiger partial charge >= 0.3 is 5.97 Å². The van der Waals surface area contributed by atoms with Gasteiger partial charge in [0.15, 0.2) is 11.4 Å². The second-order valence-electron chi connectivity index (χ2n) is 9.54. The van der Waals surface area contributed by atoms with Gasteiger partial charge in [0.25, 0.3) is 12.0 Å². The summed E-state index contributed by atoms with van der Waals surface area (Å²) in [5, 5.41) is 12.0. The zero-order chi connectivity index (χ0) is 26.6. The summed E-state index contributed by atoms with van der Waals surface area (Å²) in [6.07, 6.45) is 2.12. The highest BCUT2D eigenvalue weighted by molar-refractivity contribution is 5.86. The number of ether oxygens (including phenoxy) is 1. The molecule has 2 aromatic heterocycles. The number of benzene rings is 2. The number of aliphatic carboxylic acids is 1. The second-order valence-corrected chi connectivity index (χ2v) is 9.54. The Labute approximate surface area is 219 Å². The Morgan fingerprint density at radius 2 is 2.08 bits per heavy atom. The van der Waals surface area contributed by atoms with Crippen molar-refractivity contribution in [1.82, 2.24) is 9.97 Å². The van der Waals surface area contributed by atoms with Crippen LogP contribution in [0.2, 0.25) is 0 Å². The Morgan fingerprint density at radius 3 is 2.89 bits per heavy atom. The van der Waals surface area contributed by atoms with Crippen molar-refractivity contribution in [3.8, 4) is 0 Å². The summed E-state index contributed by atoms with van der Waals surface area (Å²) in [5.41, 5.74) is 4.16. The quantitative estimate of drug-likeness (QED) is 0.288. The van der Waals surface area contributed by atoms with E-state index in [-0.39, 0.29) is 24.7 Å². The molecule has 0 radical (unpaired) electrons. The van der Waals surface area contributed by atoms with E-state index in [2.05, 4.69) is 15.3 Å². The van der Waals surface area contributed by atoms with Crippen LogP contribution in [-0.4, -0.2) is 52.1 Å². The topological polar surface area (TPSA) is 131 Å². The Balaban J connectivity index is 1.14. The van der Waals surface area contributed by atoms with Crippen LogP contribution in [-0.2, 0) is 27.2 Å². The summed E-state index contributed by atoms with van der Waals surface area (Å²) in [6, 6.07) is 14.3. The summed E-state index contributed by atoms with van der Waals surface area (Å²) in [7, 11) is 0. The van der Waals surface area contributed by atoms with Crippen LogP contribution < -0.4 is 10.2 Å². The van der Waals surface area contributed by atoms with Crippen molar-refractivity contribution >= 4 is 40.6 Å². The number of nitrogens with one attached hydrogen (secondary N) is 1. The van der Waals surface area contributed by atoms with E-state index in [0.29, 0.717) is 48.4 Å². The number of anilines is 3. The highest BCUT2D eigenvalue weighted by atomic mass is 16.5. The lowest BCUT2D eigenvalue weighted by atomic mass is 10.1. The first-order valence-electron chi connectivity index (χ1n) is 12.7. The fourth-order valence-corrected chi connectivity index (χ4v) is 4.47. The van der Waals surface area contributed by atoms with Gasteiger partial charge in [0, 0.05) is 31.6 Å². The van der Waals surface area contributed by atoms with E-state index in [1.54, 1.807) is 13.1 Å². The van der Waals surface area contributed by atoms with Gasteiger partial charge in [0.2, 0.25) is 0 Å². The molecular weight excluding hydrogens is 488 g/mol. The van der Waals surface area contributed by atoms with Gasteiger partial charge in [-0.25, -0.2) is 4.98 Å². The summed E-state index contributed by atoms with van der Waals surface area (Å²) < 4.78 is 17.6. The summed E-state index contributed by atoms with van der Waals surface area (Å²) in [4.78, 5) is 34.4. The molecule has 1 aliphatic rings. The highest BCUT2D eigenvalue weighted by Crippen LogP contribution is 2.26. The fourth-order valence-electron chi connectivity index (χ4n) is 4.47. The van der Waals surface area contributed by atoms with Crippen LogP contribution in [0.4, 0.5) is 17.7 Å². The fraction of sp³-hybridized carbons (Fsp3) is 0.357. The zero-order valence-corrected chi connectivity index (χ0v) is 21.3. The number of carboxylic acids is 1. The maximum absolute atomic E-state index is 12.9. The van der Waals surface area contributed by atoms with Crippen molar-refractivity contribution in [3.05, 3.63) is 65.5 Å². The number of Topliss-reactive ketones (excluding diaryl/α,β-unsaturated/α-hetero) is 1. The van der Waals surface area contributed by atoms with Crippen molar-refractivity contribution in [1.29, 1.82) is 0 Å². The van der Waals surface area contributed by atoms with Crippen LogP contribution >= 0.6 is 0 Å². The first kappa shape index (κ1) is 25.5. The van der Waals surface area contributed by atoms with Crippen molar-refractivity contribution in [2.75, 3.05) is 23.3 Å².